The van der Waals surface area contributed by atoms with Gasteiger partial charge in [-0.25, -0.2) is 0 Å². The topological polar surface area (TPSA) is 0 Å². The molecule has 0 aromatic rings. The number of hydrogen-bond donors (Lipinski definition) is 0. The molecule has 0 aliphatic heterocycles. The molecule has 0 aliphatic carbocycles. The summed E-state index contributed by atoms with van der Waals surface area (Å²) < 4.78 is 1.20. The van der Waals surface area contributed by atoms with Gasteiger partial charge in [-0.05, 0) is 0 Å². The Bertz CT molecular complexity index is 38.9. The van der Waals surface area contributed by atoms with Crippen LogP contribution in [0.4, 0.5) is 0 Å². The summed E-state index contributed by atoms with van der Waals surface area (Å²) in [5.74, 6) is 0. The second kappa shape index (κ2) is 2.84. The van der Waals surface area contributed by atoms with E-state index in [2.05, 4.69) is 13.5 Å². The van der Waals surface area contributed by atoms with E-state index >= 15 is 0 Å². The third-order valence-corrected chi connectivity index (χ3v) is 1.79. The Hall–Kier alpha value is 0.623. The van der Waals surface area contributed by atoms with Crippen molar-refractivity contribution in [3.63, 3.8) is 0 Å². The van der Waals surface area contributed by atoms with E-state index in [1.807, 2.05) is 0 Å². The van der Waals surface area contributed by atoms with Gasteiger partial charge in [-0.1, -0.05) is 0 Å². The van der Waals surface area contributed by atoms with Crippen LogP contribution in [0.2, 0.25) is 4.13 Å². The van der Waals surface area contributed by atoms with E-state index in [-0.39, 0.29) is 0 Å². The first kappa shape index (κ1) is 5.62. The van der Waals surface area contributed by atoms with E-state index in [1.165, 1.54) is 9.70 Å². The van der Waals surface area contributed by atoms with Gasteiger partial charge in [0.1, 0.15) is 0 Å². The van der Waals surface area contributed by atoms with Gasteiger partial charge in [-0.15, -0.1) is 0 Å². The summed E-state index contributed by atoms with van der Waals surface area (Å²) in [6.45, 7) is 5.75. The van der Waals surface area contributed by atoms with Crippen molar-refractivity contribution in [1.29, 1.82) is 0 Å². The average molecular weight is 146 g/mol. The van der Waals surface area contributed by atoms with E-state index in [4.69, 9.17) is 0 Å². The summed E-state index contributed by atoms with van der Waals surface area (Å²) in [6.07, 6.45) is 0. The predicted molar refractivity (Wildman–Crippen MR) is 19.6 cm³/mol. The normalized spacial score (nSPS) is 7.20. The van der Waals surface area contributed by atoms with Crippen LogP contribution in [0.25, 0.3) is 0 Å². The summed E-state index contributed by atoms with van der Waals surface area (Å²) in [5.41, 5.74) is 1.29. The van der Waals surface area contributed by atoms with Crippen molar-refractivity contribution in [2.24, 2.45) is 0 Å². The molecule has 0 saturated heterocycles. The maximum atomic E-state index is 3.70. The van der Waals surface area contributed by atoms with Crippen molar-refractivity contribution in [3.05, 3.63) is 12.2 Å². The standard InChI is InChI=1S/C4H7.Zr/c1-4(2)3;/h1-2H2,3H3;. The van der Waals surface area contributed by atoms with E-state index in [9.17, 15) is 0 Å². The predicted octanol–water partition coefficient (Wildman–Crippen LogP) is 1.53. The molecule has 0 N–H and O–H groups in total. The van der Waals surface area contributed by atoms with Crippen molar-refractivity contribution in [2.75, 3.05) is 0 Å². The van der Waals surface area contributed by atoms with Gasteiger partial charge < -0.3 is 0 Å². The monoisotopic (exact) mass is 145 g/mol. The van der Waals surface area contributed by atoms with E-state index in [0.717, 1.165) is 0 Å². The molecule has 0 radical (unpaired) electrons. The third-order valence-electron chi connectivity index (χ3n) is 0.302. The van der Waals surface area contributed by atoms with Gasteiger partial charge in [0, 0.05) is 0 Å². The zero-order chi connectivity index (χ0) is 4.28. The molecule has 0 saturated carbocycles. The zero-order valence-electron chi connectivity index (χ0n) is 3.41. The number of hydrogen-bond acceptors (Lipinski definition) is 0. The van der Waals surface area contributed by atoms with Crippen molar-refractivity contribution < 1.29 is 24.7 Å². The molecular weight excluding hydrogens is 139 g/mol. The Kier molecular flexibility index (Phi) is 3.19. The molecule has 0 amide bonds. The minimum atomic E-state index is 1.20. The number of allylic oxidation sites excluding steroid dienone is 1. The molecule has 0 rings (SSSR count). The molecule has 27 valence electrons. The van der Waals surface area contributed by atoms with Crippen LogP contribution >= 0.6 is 0 Å². The second-order valence-corrected chi connectivity index (χ2v) is 2.00. The Morgan fingerprint density at radius 1 is 2.00 bits per heavy atom. The van der Waals surface area contributed by atoms with Gasteiger partial charge in [-0.2, -0.15) is 0 Å². The van der Waals surface area contributed by atoms with Crippen LogP contribution in [0, 0.1) is 0 Å². The molecule has 0 aliphatic rings. The Labute approximate surface area is 48.1 Å². The van der Waals surface area contributed by atoms with Gasteiger partial charge in [0.05, 0.1) is 0 Å². The van der Waals surface area contributed by atoms with Crippen LogP contribution in [0.1, 0.15) is 6.92 Å². The molecule has 0 nitrogen and oxygen atoms in total. The quantitative estimate of drug-likeness (QED) is 0.492. The average Bonchev–Trinajstić information content (AvgIpc) is 1.38. The number of rotatable bonds is 1. The van der Waals surface area contributed by atoms with Gasteiger partial charge in [0.15, 0.2) is 0 Å². The molecule has 0 fully saturated rings. The molecular formula is C4H7Zr. The summed E-state index contributed by atoms with van der Waals surface area (Å²) in [7, 11) is 0. The SMILES string of the molecule is C=C(C)[CH2][Zr]. The van der Waals surface area contributed by atoms with Crippen molar-refractivity contribution >= 4 is 0 Å². The van der Waals surface area contributed by atoms with Gasteiger partial charge in [-0.3, -0.25) is 0 Å². The minimum absolute atomic E-state index is 1.20. The second-order valence-electron chi connectivity index (χ2n) is 1.13. The van der Waals surface area contributed by atoms with Crippen LogP contribution in [0.15, 0.2) is 12.2 Å². The van der Waals surface area contributed by atoms with E-state index < -0.39 is 0 Å². The first-order valence-electron chi connectivity index (χ1n) is 1.56. The third kappa shape index (κ3) is 4.62. The van der Waals surface area contributed by atoms with E-state index in [0.29, 0.717) is 0 Å². The van der Waals surface area contributed by atoms with Crippen molar-refractivity contribution in [1.82, 2.24) is 0 Å². The Morgan fingerprint density at radius 3 is 2.20 bits per heavy atom. The van der Waals surface area contributed by atoms with Crippen molar-refractivity contribution in [3.8, 4) is 0 Å². The molecule has 1 heteroatoms. The van der Waals surface area contributed by atoms with Crippen molar-refractivity contribution in [2.45, 2.75) is 11.1 Å². The molecule has 0 aromatic carbocycles. The fourth-order valence-electron chi connectivity index (χ4n) is 0. The van der Waals surface area contributed by atoms with Crippen LogP contribution in [-0.2, 0) is 24.7 Å². The zero-order valence-corrected chi connectivity index (χ0v) is 5.87. The van der Waals surface area contributed by atoms with E-state index in [1.54, 1.807) is 24.7 Å². The summed E-state index contributed by atoms with van der Waals surface area (Å²) in [5, 5.41) is 0. The van der Waals surface area contributed by atoms with Crippen LogP contribution in [-0.4, -0.2) is 0 Å². The maximum absolute atomic E-state index is 3.70. The molecule has 0 atom stereocenters. The molecule has 5 heavy (non-hydrogen) atoms. The molecule has 0 bridgehead atoms. The fraction of sp³-hybridized carbons (Fsp3) is 0.500. The van der Waals surface area contributed by atoms with Gasteiger partial charge in [0.2, 0.25) is 0 Å². The Morgan fingerprint density at radius 2 is 2.20 bits per heavy atom. The van der Waals surface area contributed by atoms with Crippen LogP contribution in [0.5, 0.6) is 0 Å². The molecule has 0 heterocycles. The molecule has 0 aromatic heterocycles. The summed E-state index contributed by atoms with van der Waals surface area (Å²) in [4.78, 5) is 0. The fourth-order valence-corrected chi connectivity index (χ4v) is 0. The van der Waals surface area contributed by atoms with Gasteiger partial charge in [0.25, 0.3) is 0 Å². The van der Waals surface area contributed by atoms with Crippen LogP contribution in [0.3, 0.4) is 0 Å². The summed E-state index contributed by atoms with van der Waals surface area (Å²) >= 11 is 1.56. The Balaban J connectivity index is 2.85. The first-order chi connectivity index (χ1) is 2.27. The first-order valence-corrected chi connectivity index (χ1v) is 3.30. The summed E-state index contributed by atoms with van der Waals surface area (Å²) in [6, 6.07) is 0. The molecule has 0 spiro atoms. The van der Waals surface area contributed by atoms with Gasteiger partial charge >= 0.3 is 47.9 Å². The molecule has 0 unspecified atom stereocenters. The van der Waals surface area contributed by atoms with Crippen LogP contribution < -0.4 is 0 Å².